The first kappa shape index (κ1) is 50.3. The number of aliphatic carboxylic acids is 1. The number of benzene rings is 1. The Morgan fingerprint density at radius 3 is 2.24 bits per heavy atom. The first-order chi connectivity index (χ1) is 31.5. The number of aliphatic hydroxyl groups is 5. The molecule has 374 valence electrons. The van der Waals surface area contributed by atoms with E-state index >= 15 is 0 Å². The summed E-state index contributed by atoms with van der Waals surface area (Å²) in [5.41, 5.74) is 0.786. The largest absolute Gasteiger partial charge is 0.493 e. The van der Waals surface area contributed by atoms with Gasteiger partial charge < -0.3 is 64.4 Å². The summed E-state index contributed by atoms with van der Waals surface area (Å²) in [7, 11) is 3.06. The van der Waals surface area contributed by atoms with Crippen LogP contribution in [0, 0.1) is 50.2 Å². The van der Waals surface area contributed by atoms with Gasteiger partial charge in [-0.2, -0.15) is 0 Å². The van der Waals surface area contributed by atoms with E-state index in [4.69, 9.17) is 28.4 Å². The van der Waals surface area contributed by atoms with Gasteiger partial charge >= 0.3 is 5.97 Å². The lowest BCUT2D eigenvalue weighted by Crippen LogP contribution is -2.67. The summed E-state index contributed by atoms with van der Waals surface area (Å²) in [4.78, 5) is 26.8. The van der Waals surface area contributed by atoms with E-state index in [2.05, 4.69) is 59.9 Å². The number of methoxy groups -OCH3 is 2. The second-order valence-electron chi connectivity index (χ2n) is 23.3. The standard InChI is InChI=1S/C52H77NO14/c1-47(2)20-22-52(46(60)61)23-21-50(6)29(30(52)25-47)12-14-36-49(5)18-17-37(48(3,4)35(49)16-19-51(36,50)7)67-44-39(53-38(55)15-11-28-10-13-32(62-8)33(24-28)63-9)42(58)41(57)34(66-44)27-65-45-43(59)40(56)31(54)26-64-45/h10-13,15,24,30-31,34-37,39-45,54,56-59H,14,16-23,25-27H2,1-9H3,(H,53,55)(H,60,61)/b15-11+/t30-,31-,34+,35-,36+,37-,39+,40-,41+,42+,43+,44-,45-,49-,50+,51+,52-/m0/s1. The smallest absolute Gasteiger partial charge is 0.310 e. The molecule has 2 saturated heterocycles. The second kappa shape index (κ2) is 18.2. The Morgan fingerprint density at radius 2 is 1.54 bits per heavy atom. The molecule has 2 aliphatic heterocycles. The van der Waals surface area contributed by atoms with Crippen LogP contribution in [0.5, 0.6) is 11.5 Å². The van der Waals surface area contributed by atoms with E-state index in [1.54, 1.807) is 24.3 Å². The molecule has 0 aromatic heterocycles. The van der Waals surface area contributed by atoms with E-state index in [0.717, 1.165) is 51.4 Å². The molecule has 17 atom stereocenters. The molecule has 5 aliphatic carbocycles. The molecular weight excluding hydrogens is 863 g/mol. The zero-order valence-electron chi connectivity index (χ0n) is 40.9. The van der Waals surface area contributed by atoms with Gasteiger partial charge in [-0.25, -0.2) is 0 Å². The molecule has 1 aromatic carbocycles. The van der Waals surface area contributed by atoms with Crippen LogP contribution in [0.15, 0.2) is 35.9 Å². The van der Waals surface area contributed by atoms with E-state index in [1.807, 2.05) is 0 Å². The van der Waals surface area contributed by atoms with Crippen molar-refractivity contribution in [3.8, 4) is 11.5 Å². The fourth-order valence-electron chi connectivity index (χ4n) is 14.8. The van der Waals surface area contributed by atoms with Crippen molar-refractivity contribution < 1.29 is 68.6 Å². The Labute approximate surface area is 395 Å². The van der Waals surface area contributed by atoms with E-state index in [-0.39, 0.29) is 52.8 Å². The molecule has 8 rings (SSSR count). The number of hydrogen-bond donors (Lipinski definition) is 7. The number of aliphatic hydroxyl groups excluding tert-OH is 5. The van der Waals surface area contributed by atoms with Crippen LogP contribution in [0.4, 0.5) is 0 Å². The monoisotopic (exact) mass is 940 g/mol. The minimum absolute atomic E-state index is 0.0320. The van der Waals surface area contributed by atoms with Gasteiger partial charge in [-0.3, -0.25) is 9.59 Å². The van der Waals surface area contributed by atoms with Gasteiger partial charge in [0.15, 0.2) is 24.1 Å². The van der Waals surface area contributed by atoms with Crippen LogP contribution >= 0.6 is 0 Å². The highest BCUT2D eigenvalue weighted by atomic mass is 16.7. The van der Waals surface area contributed by atoms with E-state index in [1.165, 1.54) is 25.9 Å². The predicted octanol–water partition coefficient (Wildman–Crippen LogP) is 5.38. The van der Waals surface area contributed by atoms with Crippen molar-refractivity contribution in [3.05, 3.63) is 41.5 Å². The van der Waals surface area contributed by atoms with Crippen molar-refractivity contribution in [1.82, 2.24) is 5.32 Å². The molecule has 0 spiro atoms. The minimum atomic E-state index is -1.58. The van der Waals surface area contributed by atoms with Gasteiger partial charge in [0.1, 0.15) is 42.7 Å². The summed E-state index contributed by atoms with van der Waals surface area (Å²) in [6.07, 6.45) is 2.20. The molecule has 1 aromatic rings. The summed E-state index contributed by atoms with van der Waals surface area (Å²) in [5.74, 6) is 0.438. The van der Waals surface area contributed by atoms with Crippen LogP contribution in [0.3, 0.4) is 0 Å². The zero-order valence-corrected chi connectivity index (χ0v) is 40.9. The molecule has 7 aliphatic rings. The zero-order chi connectivity index (χ0) is 48.6. The summed E-state index contributed by atoms with van der Waals surface area (Å²) in [6, 6.07) is 4.00. The lowest BCUT2D eigenvalue weighted by molar-refractivity contribution is -0.322. The number of rotatable bonds is 11. The quantitative estimate of drug-likeness (QED) is 0.0842. The Morgan fingerprint density at radius 1 is 0.821 bits per heavy atom. The topological polar surface area (TPSA) is 223 Å². The van der Waals surface area contributed by atoms with Gasteiger partial charge in [-0.05, 0) is 133 Å². The molecule has 67 heavy (non-hydrogen) atoms. The molecule has 1 amide bonds. The van der Waals surface area contributed by atoms with E-state index < -0.39 is 78.0 Å². The van der Waals surface area contributed by atoms with Gasteiger partial charge in [0.2, 0.25) is 5.91 Å². The van der Waals surface area contributed by atoms with E-state index in [9.17, 15) is 40.2 Å². The number of carbonyl (C=O) groups excluding carboxylic acids is 1. The average molecular weight is 940 g/mol. The Hall–Kier alpha value is -3.12. The van der Waals surface area contributed by atoms with Crippen molar-refractivity contribution >= 4 is 18.0 Å². The maximum absolute atomic E-state index is 13.7. The molecule has 2 heterocycles. The maximum atomic E-state index is 13.7. The SMILES string of the molecule is COc1ccc(/C=C/C(=O)N[C@H]2[C@H](O[C@H]3CC[C@]4(C)[C@H]5CC=C6[C@@H]7CC(C)(C)CC[C@]7(C(=O)O)CC[C@@]6(C)[C@]5(C)CC[C@H]4C3(C)C)O[C@H](CO[C@@H]3OC[C@H](O)[C@H](O)[C@H]3O)[C@@H](O)[C@@H]2O)cc1OC. The maximum Gasteiger partial charge on any atom is 0.310 e. The number of carboxylic acids is 1. The number of amides is 1. The first-order valence-corrected chi connectivity index (χ1v) is 24.6. The van der Waals surface area contributed by atoms with Crippen molar-refractivity contribution in [2.24, 2.45) is 50.2 Å². The molecule has 15 nitrogen and oxygen atoms in total. The van der Waals surface area contributed by atoms with Gasteiger partial charge in [0, 0.05) is 6.08 Å². The third-order valence-electron chi connectivity index (χ3n) is 19.0. The Bertz CT molecular complexity index is 2070. The third kappa shape index (κ3) is 8.47. The highest BCUT2D eigenvalue weighted by Gasteiger charge is 2.69. The summed E-state index contributed by atoms with van der Waals surface area (Å²) >= 11 is 0. The second-order valence-corrected chi connectivity index (χ2v) is 23.3. The van der Waals surface area contributed by atoms with Gasteiger partial charge in [0.25, 0.3) is 0 Å². The summed E-state index contributed by atoms with van der Waals surface area (Å²) in [6.45, 7) is 15.8. The van der Waals surface area contributed by atoms with Crippen LogP contribution < -0.4 is 14.8 Å². The number of hydrogen-bond acceptors (Lipinski definition) is 13. The van der Waals surface area contributed by atoms with Crippen LogP contribution in [-0.4, -0.2) is 131 Å². The van der Waals surface area contributed by atoms with Crippen molar-refractivity contribution in [2.75, 3.05) is 27.4 Å². The van der Waals surface area contributed by atoms with Crippen LogP contribution in [0.25, 0.3) is 6.08 Å². The fourth-order valence-corrected chi connectivity index (χ4v) is 14.8. The van der Waals surface area contributed by atoms with Crippen molar-refractivity contribution in [2.45, 2.75) is 174 Å². The number of carboxylic acid groups (broad SMARTS) is 1. The van der Waals surface area contributed by atoms with Gasteiger partial charge in [-0.15, -0.1) is 0 Å². The highest BCUT2D eigenvalue weighted by Crippen LogP contribution is 2.76. The number of ether oxygens (including phenoxy) is 6. The molecule has 7 N–H and O–H groups in total. The minimum Gasteiger partial charge on any atom is -0.493 e. The van der Waals surface area contributed by atoms with Crippen molar-refractivity contribution in [3.63, 3.8) is 0 Å². The van der Waals surface area contributed by atoms with E-state index in [0.29, 0.717) is 35.8 Å². The summed E-state index contributed by atoms with van der Waals surface area (Å²) < 4.78 is 35.5. The molecule has 0 unspecified atom stereocenters. The predicted molar refractivity (Wildman–Crippen MR) is 246 cm³/mol. The van der Waals surface area contributed by atoms with Gasteiger partial charge in [-0.1, -0.05) is 66.2 Å². The number of allylic oxidation sites excluding steroid dienone is 2. The number of fused-ring (bicyclic) bond motifs is 7. The highest BCUT2D eigenvalue weighted by molar-refractivity contribution is 5.92. The number of nitrogens with one attached hydrogen (secondary N) is 1. The first-order valence-electron chi connectivity index (χ1n) is 24.6. The summed E-state index contributed by atoms with van der Waals surface area (Å²) in [5, 5.41) is 67.7. The third-order valence-corrected chi connectivity index (χ3v) is 19.0. The Kier molecular flexibility index (Phi) is 13.7. The van der Waals surface area contributed by atoms with Crippen LogP contribution in [0.2, 0.25) is 0 Å². The molecule has 6 fully saturated rings. The molecule has 0 bridgehead atoms. The van der Waals surface area contributed by atoms with Crippen molar-refractivity contribution in [1.29, 1.82) is 0 Å². The normalized spacial score (nSPS) is 44.5. The molecular formula is C52H77NO14. The van der Waals surface area contributed by atoms with Crippen LogP contribution in [-0.2, 0) is 28.5 Å². The molecule has 15 heteroatoms. The molecule has 4 saturated carbocycles. The average Bonchev–Trinajstić information content (AvgIpc) is 3.28. The number of carbonyl (C=O) groups is 2. The lowest BCUT2D eigenvalue weighted by Gasteiger charge is -2.71. The lowest BCUT2D eigenvalue weighted by atomic mass is 9.33. The Balaban J connectivity index is 1.04. The molecule has 0 radical (unpaired) electrons. The van der Waals surface area contributed by atoms with Crippen LogP contribution in [0.1, 0.15) is 118 Å². The van der Waals surface area contributed by atoms with Gasteiger partial charge in [0.05, 0.1) is 39.0 Å². The fraction of sp³-hybridized carbons (Fsp3) is 0.769.